The summed E-state index contributed by atoms with van der Waals surface area (Å²) in [6.45, 7) is 4.05. The average molecular weight is 240 g/mol. The van der Waals surface area contributed by atoms with E-state index in [-0.39, 0.29) is 19.2 Å². The topological polar surface area (TPSA) is 52.6 Å². The summed E-state index contributed by atoms with van der Waals surface area (Å²) in [6.07, 6.45) is 0. The molecule has 0 radical (unpaired) electrons. The lowest BCUT2D eigenvalue weighted by Crippen LogP contribution is -2.35. The molecule has 2 amide bonds. The van der Waals surface area contributed by atoms with E-state index in [9.17, 15) is 4.79 Å². The number of aliphatic hydroxyl groups is 1. The van der Waals surface area contributed by atoms with Crippen LogP contribution < -0.4 is 9.62 Å². The number of hydrogen-bond donors (Lipinski definition) is 3. The Kier molecular flexibility index (Phi) is 4.64. The van der Waals surface area contributed by atoms with Crippen LogP contribution in [-0.2, 0) is 0 Å². The Morgan fingerprint density at radius 1 is 1.50 bits per heavy atom. The quantitative estimate of drug-likeness (QED) is 0.704. The summed E-state index contributed by atoms with van der Waals surface area (Å²) in [6, 6.07) is 5.41. The van der Waals surface area contributed by atoms with Gasteiger partial charge in [0.1, 0.15) is 0 Å². The number of benzene rings is 1. The van der Waals surface area contributed by atoms with Crippen molar-refractivity contribution in [3.8, 4) is 0 Å². The van der Waals surface area contributed by atoms with E-state index in [0.29, 0.717) is 0 Å². The summed E-state index contributed by atoms with van der Waals surface area (Å²) in [4.78, 5) is 11.6. The van der Waals surface area contributed by atoms with Crippen molar-refractivity contribution in [2.24, 2.45) is 0 Å². The Hall–Kier alpha value is -1.20. The fourth-order valence-electron chi connectivity index (χ4n) is 1.39. The van der Waals surface area contributed by atoms with Gasteiger partial charge in [-0.15, -0.1) is 0 Å². The van der Waals surface area contributed by atoms with Crippen molar-refractivity contribution < 1.29 is 9.90 Å². The number of aliphatic hydroxyl groups excluding tert-OH is 1. The maximum absolute atomic E-state index is 11.6. The van der Waals surface area contributed by atoms with Gasteiger partial charge in [-0.3, -0.25) is 0 Å². The van der Waals surface area contributed by atoms with E-state index in [4.69, 9.17) is 5.11 Å². The van der Waals surface area contributed by atoms with Crippen LogP contribution in [0, 0.1) is 13.8 Å². The normalized spacial score (nSPS) is 10.0. The molecule has 1 aromatic carbocycles. The molecule has 0 aromatic heterocycles. The van der Waals surface area contributed by atoms with Crippen LogP contribution in [-0.4, -0.2) is 24.3 Å². The van der Waals surface area contributed by atoms with Crippen LogP contribution in [0.25, 0.3) is 0 Å². The molecule has 0 unspecified atom stereocenters. The van der Waals surface area contributed by atoms with Gasteiger partial charge < -0.3 is 10.4 Å². The molecule has 5 heteroatoms. The summed E-state index contributed by atoms with van der Waals surface area (Å²) in [5, 5.41) is 11.1. The van der Waals surface area contributed by atoms with Crippen molar-refractivity contribution >= 4 is 24.5 Å². The molecule has 0 saturated carbocycles. The highest BCUT2D eigenvalue weighted by atomic mass is 32.1. The lowest BCUT2D eigenvalue weighted by molar-refractivity contribution is 0.242. The highest BCUT2D eigenvalue weighted by Crippen LogP contribution is 2.22. The monoisotopic (exact) mass is 240 g/mol. The van der Waals surface area contributed by atoms with Crippen LogP contribution >= 0.6 is 12.8 Å². The number of carbonyl (C=O) groups is 1. The molecule has 0 aliphatic rings. The lowest BCUT2D eigenvalue weighted by atomic mass is 10.1. The predicted molar refractivity (Wildman–Crippen MR) is 67.9 cm³/mol. The molecule has 0 spiro atoms. The van der Waals surface area contributed by atoms with Crippen molar-refractivity contribution in [3.05, 3.63) is 29.3 Å². The molecule has 0 atom stereocenters. The van der Waals surface area contributed by atoms with Crippen LogP contribution in [0.3, 0.4) is 0 Å². The molecule has 1 rings (SSSR count). The van der Waals surface area contributed by atoms with E-state index < -0.39 is 0 Å². The van der Waals surface area contributed by atoms with Gasteiger partial charge in [-0.2, -0.15) is 0 Å². The largest absolute Gasteiger partial charge is 0.395 e. The first-order chi connectivity index (χ1) is 7.56. The number of rotatable bonds is 3. The Balaban J connectivity index is 2.79. The van der Waals surface area contributed by atoms with Gasteiger partial charge in [-0.1, -0.05) is 30.5 Å². The third kappa shape index (κ3) is 3.15. The number of carbonyl (C=O) groups excluding carboxylic acids is 1. The van der Waals surface area contributed by atoms with Gasteiger partial charge in [0.05, 0.1) is 12.3 Å². The molecule has 1 aromatic rings. The average Bonchev–Trinajstić information content (AvgIpc) is 2.25. The van der Waals surface area contributed by atoms with E-state index in [0.717, 1.165) is 16.8 Å². The third-order valence-corrected chi connectivity index (χ3v) is 2.56. The summed E-state index contributed by atoms with van der Waals surface area (Å²) < 4.78 is 1.24. The standard InChI is InChI=1S/C11H16N2O2S/c1-8-3-4-10(9(2)7-8)13(16)11(15)12-5-6-14/h3-4,7,14,16H,5-6H2,1-2H3,(H,12,15). The smallest absolute Gasteiger partial charge is 0.332 e. The second kappa shape index (κ2) is 5.77. The number of anilines is 1. The van der Waals surface area contributed by atoms with Gasteiger partial charge in [0.25, 0.3) is 0 Å². The van der Waals surface area contributed by atoms with Gasteiger partial charge in [0.2, 0.25) is 0 Å². The van der Waals surface area contributed by atoms with Gasteiger partial charge in [-0.05, 0) is 25.5 Å². The second-order valence-electron chi connectivity index (χ2n) is 3.56. The van der Waals surface area contributed by atoms with Crippen LogP contribution in [0.4, 0.5) is 10.5 Å². The highest BCUT2D eigenvalue weighted by molar-refractivity contribution is 7.82. The molecule has 88 valence electrons. The number of hydrogen-bond acceptors (Lipinski definition) is 3. The Labute approximate surface area is 101 Å². The molecule has 0 saturated heterocycles. The zero-order valence-corrected chi connectivity index (χ0v) is 10.3. The first kappa shape index (κ1) is 12.9. The molecule has 4 nitrogen and oxygen atoms in total. The summed E-state index contributed by atoms with van der Waals surface area (Å²) in [5.74, 6) is 0. The minimum Gasteiger partial charge on any atom is -0.395 e. The molecular weight excluding hydrogens is 224 g/mol. The lowest BCUT2D eigenvalue weighted by Gasteiger charge is -2.18. The number of nitrogens with one attached hydrogen (secondary N) is 1. The number of aryl methyl sites for hydroxylation is 2. The minimum absolute atomic E-state index is 0.0831. The van der Waals surface area contributed by atoms with Crippen LogP contribution in [0.5, 0.6) is 0 Å². The van der Waals surface area contributed by atoms with Gasteiger partial charge in [0, 0.05) is 6.54 Å². The Morgan fingerprint density at radius 2 is 2.19 bits per heavy atom. The zero-order chi connectivity index (χ0) is 12.1. The van der Waals surface area contributed by atoms with Crippen molar-refractivity contribution in [1.29, 1.82) is 0 Å². The molecule has 0 aliphatic heterocycles. The molecule has 0 heterocycles. The van der Waals surface area contributed by atoms with Crippen molar-refractivity contribution in [2.75, 3.05) is 17.5 Å². The summed E-state index contributed by atoms with van der Waals surface area (Å²) >= 11 is 4.13. The number of thiol groups is 1. The van der Waals surface area contributed by atoms with Crippen LogP contribution in [0.2, 0.25) is 0 Å². The van der Waals surface area contributed by atoms with E-state index >= 15 is 0 Å². The SMILES string of the molecule is Cc1ccc(N(S)C(=O)NCCO)c(C)c1. The summed E-state index contributed by atoms with van der Waals surface area (Å²) in [7, 11) is 0. The van der Waals surface area contributed by atoms with Crippen LogP contribution in [0.15, 0.2) is 18.2 Å². The van der Waals surface area contributed by atoms with Crippen molar-refractivity contribution in [1.82, 2.24) is 5.32 Å². The molecule has 16 heavy (non-hydrogen) atoms. The van der Waals surface area contributed by atoms with E-state index in [1.54, 1.807) is 0 Å². The fraction of sp³-hybridized carbons (Fsp3) is 0.364. The summed E-state index contributed by atoms with van der Waals surface area (Å²) in [5.41, 5.74) is 2.86. The number of urea groups is 1. The molecule has 2 N–H and O–H groups in total. The highest BCUT2D eigenvalue weighted by Gasteiger charge is 2.13. The Bertz CT molecular complexity index is 382. The zero-order valence-electron chi connectivity index (χ0n) is 9.40. The van der Waals surface area contributed by atoms with Crippen molar-refractivity contribution in [2.45, 2.75) is 13.8 Å². The number of nitrogens with zero attached hydrogens (tertiary/aromatic N) is 1. The van der Waals surface area contributed by atoms with Gasteiger partial charge in [0.15, 0.2) is 0 Å². The minimum atomic E-state index is -0.343. The first-order valence-electron chi connectivity index (χ1n) is 5.01. The number of amides is 2. The Morgan fingerprint density at radius 3 is 2.75 bits per heavy atom. The van der Waals surface area contributed by atoms with E-state index in [1.165, 1.54) is 4.31 Å². The predicted octanol–water partition coefficient (Wildman–Crippen LogP) is 1.66. The second-order valence-corrected chi connectivity index (χ2v) is 3.96. The first-order valence-corrected chi connectivity index (χ1v) is 5.41. The molecule has 0 bridgehead atoms. The maximum atomic E-state index is 11.6. The van der Waals surface area contributed by atoms with Gasteiger partial charge in [-0.25, -0.2) is 9.10 Å². The maximum Gasteiger partial charge on any atom is 0.332 e. The molecule has 0 fully saturated rings. The fourth-order valence-corrected chi connectivity index (χ4v) is 1.69. The van der Waals surface area contributed by atoms with Crippen molar-refractivity contribution in [3.63, 3.8) is 0 Å². The van der Waals surface area contributed by atoms with E-state index in [2.05, 4.69) is 18.1 Å². The van der Waals surface area contributed by atoms with Gasteiger partial charge >= 0.3 is 6.03 Å². The van der Waals surface area contributed by atoms with E-state index in [1.807, 2.05) is 32.0 Å². The molecular formula is C11H16N2O2S. The third-order valence-electron chi connectivity index (χ3n) is 2.16. The van der Waals surface area contributed by atoms with Crippen LogP contribution in [0.1, 0.15) is 11.1 Å². The molecule has 0 aliphatic carbocycles.